The lowest BCUT2D eigenvalue weighted by molar-refractivity contribution is 0.499. The fraction of sp³-hybridized carbons (Fsp3) is 0.348. The number of piperidine rings is 1. The van der Waals surface area contributed by atoms with E-state index in [1.165, 1.54) is 4.68 Å². The number of nitrogens with two attached hydrogens (primary N) is 1. The summed E-state index contributed by atoms with van der Waals surface area (Å²) in [6.07, 6.45) is 3.57. The van der Waals surface area contributed by atoms with Crippen LogP contribution in [0.3, 0.4) is 0 Å². The van der Waals surface area contributed by atoms with Crippen LogP contribution in [0.1, 0.15) is 31.2 Å². The van der Waals surface area contributed by atoms with Crippen molar-refractivity contribution < 1.29 is 0 Å². The van der Waals surface area contributed by atoms with E-state index in [2.05, 4.69) is 37.1 Å². The van der Waals surface area contributed by atoms with E-state index in [9.17, 15) is 4.79 Å². The highest BCUT2D eigenvalue weighted by molar-refractivity contribution is 5.86. The lowest BCUT2D eigenvalue weighted by atomic mass is 10.1. The highest BCUT2D eigenvalue weighted by Crippen LogP contribution is 2.23. The SMILES string of the molecule is CC#Cn1c(N2CCCC(N)C2)nc2cnn(Cc3nnc(C)c4ccccc34)c(=O)c21. The van der Waals surface area contributed by atoms with Gasteiger partial charge in [-0.1, -0.05) is 30.2 Å². The van der Waals surface area contributed by atoms with E-state index >= 15 is 0 Å². The maximum atomic E-state index is 13.5. The van der Waals surface area contributed by atoms with Gasteiger partial charge < -0.3 is 10.6 Å². The van der Waals surface area contributed by atoms with Gasteiger partial charge in [-0.15, -0.1) is 0 Å². The Hall–Kier alpha value is -3.77. The molecule has 0 aliphatic carbocycles. The molecule has 1 aliphatic rings. The van der Waals surface area contributed by atoms with Crippen molar-refractivity contribution in [1.82, 2.24) is 29.5 Å². The molecule has 0 bridgehead atoms. The molecule has 9 nitrogen and oxygen atoms in total. The number of hydrogen-bond donors (Lipinski definition) is 1. The molecule has 3 aromatic heterocycles. The Balaban J connectivity index is 1.63. The van der Waals surface area contributed by atoms with Crippen LogP contribution in [0.5, 0.6) is 0 Å². The van der Waals surface area contributed by atoms with Gasteiger partial charge in [0.1, 0.15) is 5.52 Å². The average Bonchev–Trinajstić information content (AvgIpc) is 3.17. The topological polar surface area (TPSA) is 108 Å². The summed E-state index contributed by atoms with van der Waals surface area (Å²) in [4.78, 5) is 20.3. The van der Waals surface area contributed by atoms with E-state index in [4.69, 9.17) is 5.73 Å². The van der Waals surface area contributed by atoms with Gasteiger partial charge in [-0.3, -0.25) is 4.79 Å². The van der Waals surface area contributed by atoms with Crippen LogP contribution in [0.15, 0.2) is 35.3 Å². The quantitative estimate of drug-likeness (QED) is 0.494. The number of aryl methyl sites for hydroxylation is 1. The molecular formula is C23H24N8O. The third-order valence-corrected chi connectivity index (χ3v) is 5.86. The van der Waals surface area contributed by atoms with Crippen LogP contribution in [0.4, 0.5) is 5.95 Å². The second-order valence-corrected chi connectivity index (χ2v) is 8.08. The summed E-state index contributed by atoms with van der Waals surface area (Å²) < 4.78 is 3.07. The maximum absolute atomic E-state index is 13.5. The first kappa shape index (κ1) is 20.2. The second-order valence-electron chi connectivity index (χ2n) is 8.08. The Bertz CT molecular complexity index is 1440. The standard InChI is InChI=1S/C23H24N8O/c1-3-10-30-21-19(26-23(30)29-11-6-7-16(24)13-29)12-25-31(22(21)32)14-20-18-9-5-4-8-17(18)15(2)27-28-20/h4-5,8-9,12,16H,6-7,11,13-14,24H2,1-2H3. The Kier molecular flexibility index (Phi) is 5.07. The zero-order valence-electron chi connectivity index (χ0n) is 18.1. The van der Waals surface area contributed by atoms with Crippen LogP contribution in [0.2, 0.25) is 0 Å². The van der Waals surface area contributed by atoms with Crippen molar-refractivity contribution in [2.45, 2.75) is 39.3 Å². The summed E-state index contributed by atoms with van der Waals surface area (Å²) in [7, 11) is 0. The van der Waals surface area contributed by atoms with Crippen molar-refractivity contribution in [1.29, 1.82) is 0 Å². The minimum absolute atomic E-state index is 0.0785. The molecular weight excluding hydrogens is 404 g/mol. The molecule has 1 saturated heterocycles. The van der Waals surface area contributed by atoms with Gasteiger partial charge in [0.15, 0.2) is 5.52 Å². The molecule has 1 fully saturated rings. The van der Waals surface area contributed by atoms with Gasteiger partial charge in [0.25, 0.3) is 5.56 Å². The van der Waals surface area contributed by atoms with Gasteiger partial charge in [-0.25, -0.2) is 14.2 Å². The predicted molar refractivity (Wildman–Crippen MR) is 123 cm³/mol. The molecule has 0 spiro atoms. The lowest BCUT2D eigenvalue weighted by Crippen LogP contribution is -2.43. The van der Waals surface area contributed by atoms with Crippen LogP contribution >= 0.6 is 0 Å². The van der Waals surface area contributed by atoms with E-state index in [0.29, 0.717) is 29.2 Å². The molecule has 1 aliphatic heterocycles. The van der Waals surface area contributed by atoms with E-state index in [1.54, 1.807) is 17.7 Å². The smallest absolute Gasteiger partial charge is 0.294 e. The molecule has 4 aromatic rings. The Morgan fingerprint density at radius 1 is 1.22 bits per heavy atom. The number of hydrogen-bond acceptors (Lipinski definition) is 7. The molecule has 1 aromatic carbocycles. The number of nitrogens with zero attached hydrogens (tertiary/aromatic N) is 7. The van der Waals surface area contributed by atoms with Crippen molar-refractivity contribution in [2.24, 2.45) is 5.73 Å². The van der Waals surface area contributed by atoms with Crippen LogP contribution < -0.4 is 16.2 Å². The molecule has 1 atom stereocenters. The highest BCUT2D eigenvalue weighted by Gasteiger charge is 2.24. The minimum atomic E-state index is -0.267. The number of benzene rings is 1. The van der Waals surface area contributed by atoms with Crippen molar-refractivity contribution in [3.63, 3.8) is 0 Å². The van der Waals surface area contributed by atoms with Gasteiger partial charge >= 0.3 is 0 Å². The molecule has 2 N–H and O–H groups in total. The first-order valence-corrected chi connectivity index (χ1v) is 10.7. The largest absolute Gasteiger partial charge is 0.340 e. The predicted octanol–water partition coefficient (Wildman–Crippen LogP) is 1.65. The monoisotopic (exact) mass is 428 g/mol. The molecule has 9 heteroatoms. The molecule has 32 heavy (non-hydrogen) atoms. The molecule has 0 amide bonds. The zero-order chi connectivity index (χ0) is 22.2. The first-order valence-electron chi connectivity index (χ1n) is 10.7. The molecule has 4 heterocycles. The second kappa shape index (κ2) is 8.05. The Morgan fingerprint density at radius 3 is 2.81 bits per heavy atom. The van der Waals surface area contributed by atoms with Crippen molar-refractivity contribution in [2.75, 3.05) is 18.0 Å². The van der Waals surface area contributed by atoms with Crippen LogP contribution in [-0.4, -0.2) is 48.7 Å². The normalized spacial score (nSPS) is 16.3. The molecule has 0 radical (unpaired) electrons. The molecule has 5 rings (SSSR count). The van der Waals surface area contributed by atoms with Crippen molar-refractivity contribution in [3.05, 3.63) is 52.2 Å². The average molecular weight is 429 g/mol. The Labute approximate surface area is 184 Å². The fourth-order valence-corrected chi connectivity index (χ4v) is 4.31. The lowest BCUT2D eigenvalue weighted by Gasteiger charge is -2.31. The summed E-state index contributed by atoms with van der Waals surface area (Å²) in [5.41, 5.74) is 8.37. The van der Waals surface area contributed by atoms with Gasteiger partial charge in [-0.05, 0) is 26.7 Å². The zero-order valence-corrected chi connectivity index (χ0v) is 18.1. The molecule has 0 saturated carbocycles. The fourth-order valence-electron chi connectivity index (χ4n) is 4.31. The maximum Gasteiger partial charge on any atom is 0.294 e. The van der Waals surface area contributed by atoms with E-state index < -0.39 is 0 Å². The van der Waals surface area contributed by atoms with Gasteiger partial charge in [0, 0.05) is 35.9 Å². The minimum Gasteiger partial charge on any atom is -0.340 e. The van der Waals surface area contributed by atoms with Gasteiger partial charge in [0.2, 0.25) is 5.95 Å². The number of anilines is 1. The van der Waals surface area contributed by atoms with E-state index in [1.807, 2.05) is 31.2 Å². The van der Waals surface area contributed by atoms with Crippen LogP contribution in [0, 0.1) is 18.9 Å². The number of fused-ring (bicyclic) bond motifs is 2. The summed E-state index contributed by atoms with van der Waals surface area (Å²) in [5, 5.41) is 15.0. The van der Waals surface area contributed by atoms with Crippen LogP contribution in [-0.2, 0) is 6.54 Å². The van der Waals surface area contributed by atoms with Gasteiger partial charge in [-0.2, -0.15) is 15.3 Å². The van der Waals surface area contributed by atoms with Crippen molar-refractivity contribution >= 4 is 27.8 Å². The molecule has 162 valence electrons. The summed E-state index contributed by atoms with van der Waals surface area (Å²) in [6.45, 7) is 5.38. The number of rotatable bonds is 3. The first-order chi connectivity index (χ1) is 15.6. The van der Waals surface area contributed by atoms with E-state index in [-0.39, 0.29) is 18.1 Å². The summed E-state index contributed by atoms with van der Waals surface area (Å²) in [5.74, 6) is 3.54. The third kappa shape index (κ3) is 3.39. The third-order valence-electron chi connectivity index (χ3n) is 5.86. The van der Waals surface area contributed by atoms with E-state index in [0.717, 1.165) is 35.9 Å². The van der Waals surface area contributed by atoms with Crippen LogP contribution in [0.25, 0.3) is 21.8 Å². The summed E-state index contributed by atoms with van der Waals surface area (Å²) >= 11 is 0. The summed E-state index contributed by atoms with van der Waals surface area (Å²) in [6, 6.07) is 11.0. The number of aromatic nitrogens is 6. The van der Waals surface area contributed by atoms with Crippen molar-refractivity contribution in [3.8, 4) is 12.0 Å². The number of imidazole rings is 1. The van der Waals surface area contributed by atoms with Gasteiger partial charge in [0.05, 0.1) is 24.1 Å². The highest BCUT2D eigenvalue weighted by atomic mass is 16.1. The molecule has 1 unspecified atom stereocenters. The Morgan fingerprint density at radius 2 is 2.03 bits per heavy atom.